The highest BCUT2D eigenvalue weighted by molar-refractivity contribution is 5.89. The number of aromatic nitrogens is 3. The summed E-state index contributed by atoms with van der Waals surface area (Å²) in [7, 11) is 0. The van der Waals surface area contributed by atoms with Crippen molar-refractivity contribution in [1.29, 1.82) is 0 Å². The van der Waals surface area contributed by atoms with Gasteiger partial charge in [0, 0.05) is 50.7 Å². The average molecular weight is 380 g/mol. The average Bonchev–Trinajstić information content (AvgIpc) is 3.10. The van der Waals surface area contributed by atoms with E-state index in [1.165, 1.54) is 0 Å². The van der Waals surface area contributed by atoms with Crippen molar-refractivity contribution in [2.75, 3.05) is 24.5 Å². The van der Waals surface area contributed by atoms with Crippen LogP contribution in [0.25, 0.3) is 0 Å². The van der Waals surface area contributed by atoms with Crippen molar-refractivity contribution in [2.45, 2.75) is 31.8 Å². The van der Waals surface area contributed by atoms with Gasteiger partial charge in [0.2, 0.25) is 11.8 Å². The number of piperidine rings is 1. The monoisotopic (exact) mass is 380 g/mol. The van der Waals surface area contributed by atoms with Gasteiger partial charge in [0.15, 0.2) is 0 Å². The summed E-state index contributed by atoms with van der Waals surface area (Å²) >= 11 is 0. The van der Waals surface area contributed by atoms with Crippen LogP contribution in [0.15, 0.2) is 43.0 Å². The van der Waals surface area contributed by atoms with Gasteiger partial charge in [-0.25, -0.2) is 4.98 Å². The lowest BCUT2D eigenvalue weighted by Crippen LogP contribution is -2.47. The Kier molecular flexibility index (Phi) is 5.45. The molecule has 4 rings (SSSR count). The van der Waals surface area contributed by atoms with Crippen LogP contribution < -0.4 is 10.2 Å². The summed E-state index contributed by atoms with van der Waals surface area (Å²) in [5.74, 6) is 0.589. The van der Waals surface area contributed by atoms with E-state index in [0.717, 1.165) is 37.4 Å². The second-order valence-corrected chi connectivity index (χ2v) is 7.33. The normalized spacial score (nSPS) is 20.4. The first-order valence-electron chi connectivity index (χ1n) is 9.68. The maximum Gasteiger partial charge on any atom is 0.225 e. The van der Waals surface area contributed by atoms with Crippen LogP contribution in [0.5, 0.6) is 0 Å². The fourth-order valence-corrected chi connectivity index (χ4v) is 3.81. The van der Waals surface area contributed by atoms with Gasteiger partial charge < -0.3 is 15.1 Å². The summed E-state index contributed by atoms with van der Waals surface area (Å²) in [6.45, 7) is 2.58. The third-order valence-electron chi connectivity index (χ3n) is 5.38. The Balaban J connectivity index is 1.26. The van der Waals surface area contributed by atoms with E-state index in [9.17, 15) is 9.59 Å². The molecule has 1 unspecified atom stereocenters. The molecule has 2 aliphatic heterocycles. The summed E-state index contributed by atoms with van der Waals surface area (Å²) in [4.78, 5) is 41.6. The molecule has 28 heavy (non-hydrogen) atoms. The number of hydrogen-bond acceptors (Lipinski definition) is 6. The van der Waals surface area contributed by atoms with E-state index in [4.69, 9.17) is 0 Å². The summed E-state index contributed by atoms with van der Waals surface area (Å²) in [5.41, 5.74) is 0.841. The second-order valence-electron chi connectivity index (χ2n) is 7.33. The van der Waals surface area contributed by atoms with Crippen LogP contribution in [0.3, 0.4) is 0 Å². The molecule has 2 aromatic heterocycles. The van der Waals surface area contributed by atoms with Crippen LogP contribution in [-0.4, -0.2) is 57.3 Å². The van der Waals surface area contributed by atoms with E-state index in [0.29, 0.717) is 13.1 Å². The van der Waals surface area contributed by atoms with Gasteiger partial charge in [-0.05, 0) is 25.0 Å². The fraction of sp³-hybridized carbons (Fsp3) is 0.450. The predicted octanol–water partition coefficient (Wildman–Crippen LogP) is 1.01. The molecule has 0 radical (unpaired) electrons. The molecule has 8 nitrogen and oxygen atoms in total. The van der Waals surface area contributed by atoms with Crippen molar-refractivity contribution in [3.63, 3.8) is 0 Å². The molecular formula is C20H24N6O2. The molecule has 0 bridgehead atoms. The molecule has 8 heteroatoms. The van der Waals surface area contributed by atoms with Crippen molar-refractivity contribution in [1.82, 2.24) is 25.2 Å². The summed E-state index contributed by atoms with van der Waals surface area (Å²) < 4.78 is 0. The van der Waals surface area contributed by atoms with Crippen molar-refractivity contribution < 1.29 is 9.59 Å². The third-order valence-corrected chi connectivity index (χ3v) is 5.38. The quantitative estimate of drug-likeness (QED) is 0.832. The zero-order valence-electron chi connectivity index (χ0n) is 15.7. The number of rotatable bonds is 5. The van der Waals surface area contributed by atoms with E-state index in [1.54, 1.807) is 29.7 Å². The number of hydrogen-bond donors (Lipinski definition) is 1. The molecule has 1 N–H and O–H groups in total. The number of carbonyl (C=O) groups is 2. The lowest BCUT2D eigenvalue weighted by molar-refractivity contribution is -0.129. The molecule has 2 aliphatic rings. The number of anilines is 1. The second kappa shape index (κ2) is 8.33. The highest BCUT2D eigenvalue weighted by Crippen LogP contribution is 2.21. The third kappa shape index (κ3) is 4.27. The minimum absolute atomic E-state index is 0.0169. The van der Waals surface area contributed by atoms with Gasteiger partial charge in [-0.15, -0.1) is 0 Å². The molecule has 4 heterocycles. The number of nitrogens with one attached hydrogen (secondary N) is 1. The lowest BCUT2D eigenvalue weighted by Gasteiger charge is -2.33. The maximum atomic E-state index is 12.7. The van der Waals surface area contributed by atoms with Crippen LogP contribution >= 0.6 is 0 Å². The van der Waals surface area contributed by atoms with E-state index >= 15 is 0 Å². The van der Waals surface area contributed by atoms with Gasteiger partial charge in [0.05, 0.1) is 24.4 Å². The summed E-state index contributed by atoms with van der Waals surface area (Å²) in [6, 6.07) is 5.79. The lowest BCUT2D eigenvalue weighted by atomic mass is 10.0. The van der Waals surface area contributed by atoms with E-state index in [2.05, 4.69) is 25.2 Å². The van der Waals surface area contributed by atoms with Gasteiger partial charge in [0.25, 0.3) is 0 Å². The Morgan fingerprint density at radius 1 is 1.14 bits per heavy atom. The molecule has 146 valence electrons. The van der Waals surface area contributed by atoms with Gasteiger partial charge in [-0.3, -0.25) is 19.6 Å². The van der Waals surface area contributed by atoms with Crippen molar-refractivity contribution in [2.24, 2.45) is 5.92 Å². The zero-order valence-corrected chi connectivity index (χ0v) is 15.7. The molecule has 2 fully saturated rings. The van der Waals surface area contributed by atoms with E-state index in [1.807, 2.05) is 18.2 Å². The van der Waals surface area contributed by atoms with Crippen LogP contribution in [0, 0.1) is 5.92 Å². The largest absolute Gasteiger partial charge is 0.355 e. The molecule has 0 spiro atoms. The zero-order chi connectivity index (χ0) is 19.3. The predicted molar refractivity (Wildman–Crippen MR) is 103 cm³/mol. The minimum Gasteiger partial charge on any atom is -0.355 e. The van der Waals surface area contributed by atoms with Crippen LogP contribution in [0.2, 0.25) is 0 Å². The molecule has 2 aromatic rings. The van der Waals surface area contributed by atoms with Gasteiger partial charge in [-0.2, -0.15) is 0 Å². The van der Waals surface area contributed by atoms with Crippen molar-refractivity contribution in [3.8, 4) is 0 Å². The van der Waals surface area contributed by atoms with Crippen LogP contribution in [0.4, 0.5) is 5.82 Å². The van der Waals surface area contributed by atoms with Gasteiger partial charge >= 0.3 is 0 Å². The number of likely N-dealkylation sites (tertiary alicyclic amines) is 1. The number of pyridine rings is 1. The highest BCUT2D eigenvalue weighted by Gasteiger charge is 2.35. The minimum atomic E-state index is -0.283. The molecular weight excluding hydrogens is 356 g/mol. The topological polar surface area (TPSA) is 91.3 Å². The Morgan fingerprint density at radius 2 is 2.00 bits per heavy atom. The number of nitrogens with zero attached hydrogens (tertiary/aromatic N) is 5. The molecule has 0 aromatic carbocycles. The Bertz CT molecular complexity index is 808. The molecule has 2 amide bonds. The van der Waals surface area contributed by atoms with Crippen molar-refractivity contribution in [3.05, 3.63) is 48.7 Å². The van der Waals surface area contributed by atoms with Crippen LogP contribution in [0.1, 0.15) is 25.0 Å². The van der Waals surface area contributed by atoms with Crippen LogP contribution in [-0.2, 0) is 16.1 Å². The van der Waals surface area contributed by atoms with Gasteiger partial charge in [0.1, 0.15) is 5.82 Å². The van der Waals surface area contributed by atoms with E-state index < -0.39 is 0 Å². The highest BCUT2D eigenvalue weighted by atomic mass is 16.2. The fourth-order valence-electron chi connectivity index (χ4n) is 3.81. The summed E-state index contributed by atoms with van der Waals surface area (Å²) in [6.07, 6.45) is 8.83. The Hall–Kier alpha value is -3.03. The summed E-state index contributed by atoms with van der Waals surface area (Å²) in [5, 5.41) is 3.14. The molecule has 2 saturated heterocycles. The molecule has 0 saturated carbocycles. The van der Waals surface area contributed by atoms with Gasteiger partial charge in [-0.1, -0.05) is 6.07 Å². The standard InChI is InChI=1S/C20H24N6O2/c27-19-11-15(13-26(19)14-17-3-1-2-6-22-17)20(28)24-16-4-9-25(10-5-16)18-12-21-7-8-23-18/h1-3,6-8,12,15-16H,4-5,9-11,13-14H2,(H,24,28). The maximum absolute atomic E-state index is 12.7. The molecule has 0 aliphatic carbocycles. The van der Waals surface area contributed by atoms with Crippen molar-refractivity contribution >= 4 is 17.6 Å². The number of amides is 2. The molecule has 1 atom stereocenters. The van der Waals surface area contributed by atoms with E-state index in [-0.39, 0.29) is 30.2 Å². The Morgan fingerprint density at radius 3 is 2.71 bits per heavy atom. The Labute approximate surface area is 164 Å². The smallest absolute Gasteiger partial charge is 0.225 e. The first kappa shape index (κ1) is 18.3. The SMILES string of the molecule is O=C(NC1CCN(c2cnccn2)CC1)C1CC(=O)N(Cc2ccccn2)C1. The first-order chi connectivity index (χ1) is 13.7. The number of carbonyl (C=O) groups excluding carboxylic acids is 2. The first-order valence-corrected chi connectivity index (χ1v) is 9.68.